The van der Waals surface area contributed by atoms with Gasteiger partial charge in [0.05, 0.1) is 10.0 Å². The summed E-state index contributed by atoms with van der Waals surface area (Å²) >= 11 is 11.7. The largest absolute Gasteiger partial charge is 0.298 e. The van der Waals surface area contributed by atoms with Crippen LogP contribution >= 0.6 is 23.2 Å². The van der Waals surface area contributed by atoms with Gasteiger partial charge in [-0.3, -0.25) is 16.5 Å². The minimum atomic E-state index is -0.743. The highest BCUT2D eigenvalue weighted by Crippen LogP contribution is 2.21. The minimum Gasteiger partial charge on any atom is -0.298 e. The van der Waals surface area contributed by atoms with Gasteiger partial charge in [0, 0.05) is 11.8 Å². The van der Waals surface area contributed by atoms with Crippen molar-refractivity contribution in [2.24, 2.45) is 16.5 Å². The second-order valence-electron chi connectivity index (χ2n) is 2.40. The van der Waals surface area contributed by atoms with Crippen molar-refractivity contribution in [1.82, 2.24) is 0 Å². The monoisotopic (exact) mass is 217 g/mol. The summed E-state index contributed by atoms with van der Waals surface area (Å²) in [6, 6.07) is 5.19. The first-order chi connectivity index (χ1) is 6.11. The van der Waals surface area contributed by atoms with Gasteiger partial charge < -0.3 is 0 Å². The van der Waals surface area contributed by atoms with Crippen LogP contribution in [-0.2, 0) is 0 Å². The molecule has 0 radical (unpaired) electrons. The quantitative estimate of drug-likeness (QED) is 0.585. The second kappa shape index (κ2) is 4.58. The maximum Gasteiger partial charge on any atom is 0.148 e. The molecule has 0 aromatic heterocycles. The summed E-state index contributed by atoms with van der Waals surface area (Å²) in [5.41, 5.74) is 11.1. The van der Waals surface area contributed by atoms with Crippen LogP contribution in [0.2, 0.25) is 10.0 Å². The van der Waals surface area contributed by atoms with Crippen molar-refractivity contribution in [3.05, 3.63) is 33.8 Å². The Hall–Kier alpha value is -0.610. The first-order valence-electron chi connectivity index (χ1n) is 3.59. The van der Waals surface area contributed by atoms with Crippen LogP contribution in [0.4, 0.5) is 0 Å². The summed E-state index contributed by atoms with van der Waals surface area (Å²) in [7, 11) is 0. The highest BCUT2D eigenvalue weighted by atomic mass is 35.5. The molecule has 0 aliphatic heterocycles. The number of nitrogens with two attached hydrogens (primary N) is 2. The SMILES string of the molecule is NC(N)N=Cc1c(Cl)cccc1Cl. The third-order valence-electron chi connectivity index (χ3n) is 1.38. The zero-order valence-corrected chi connectivity index (χ0v) is 8.26. The van der Waals surface area contributed by atoms with Gasteiger partial charge in [-0.25, -0.2) is 0 Å². The molecule has 1 rings (SSSR count). The lowest BCUT2D eigenvalue weighted by atomic mass is 10.2. The number of benzene rings is 1. The summed E-state index contributed by atoms with van der Waals surface area (Å²) in [5, 5.41) is 1.05. The normalized spacial score (nSPS) is 11.5. The Morgan fingerprint density at radius 1 is 1.23 bits per heavy atom. The Labute approximate surface area is 86.3 Å². The van der Waals surface area contributed by atoms with Gasteiger partial charge in [-0.2, -0.15) is 0 Å². The Bertz CT molecular complexity index is 303. The maximum atomic E-state index is 5.86. The first-order valence-corrected chi connectivity index (χ1v) is 4.35. The molecule has 70 valence electrons. The fraction of sp³-hybridized carbons (Fsp3) is 0.125. The molecule has 1 aromatic rings. The van der Waals surface area contributed by atoms with Gasteiger partial charge in [-0.15, -0.1) is 0 Å². The predicted octanol–water partition coefficient (Wildman–Crippen LogP) is 1.61. The van der Waals surface area contributed by atoms with Crippen molar-refractivity contribution in [2.45, 2.75) is 6.29 Å². The molecule has 5 heteroatoms. The number of hydrogen-bond donors (Lipinski definition) is 2. The van der Waals surface area contributed by atoms with E-state index in [2.05, 4.69) is 4.99 Å². The zero-order chi connectivity index (χ0) is 9.84. The van der Waals surface area contributed by atoms with Crippen molar-refractivity contribution in [1.29, 1.82) is 0 Å². The van der Waals surface area contributed by atoms with Crippen molar-refractivity contribution < 1.29 is 0 Å². The molecule has 1 aromatic carbocycles. The lowest BCUT2D eigenvalue weighted by Gasteiger charge is -2.01. The molecule has 0 aliphatic rings. The highest BCUT2D eigenvalue weighted by Gasteiger charge is 2.01. The lowest BCUT2D eigenvalue weighted by Crippen LogP contribution is -2.27. The fourth-order valence-electron chi connectivity index (χ4n) is 0.795. The van der Waals surface area contributed by atoms with E-state index in [1.54, 1.807) is 18.2 Å². The van der Waals surface area contributed by atoms with Crippen LogP contribution in [0, 0.1) is 0 Å². The van der Waals surface area contributed by atoms with E-state index in [1.165, 1.54) is 6.21 Å². The molecule has 13 heavy (non-hydrogen) atoms. The smallest absolute Gasteiger partial charge is 0.148 e. The van der Waals surface area contributed by atoms with E-state index in [9.17, 15) is 0 Å². The van der Waals surface area contributed by atoms with Crippen LogP contribution in [0.3, 0.4) is 0 Å². The summed E-state index contributed by atoms with van der Waals surface area (Å²) < 4.78 is 0. The summed E-state index contributed by atoms with van der Waals surface area (Å²) in [4.78, 5) is 3.78. The van der Waals surface area contributed by atoms with Crippen LogP contribution in [0.25, 0.3) is 0 Å². The number of aliphatic imine (C=N–C) groups is 1. The second-order valence-corrected chi connectivity index (χ2v) is 3.22. The van der Waals surface area contributed by atoms with E-state index in [-0.39, 0.29) is 0 Å². The number of nitrogens with zero attached hydrogens (tertiary/aromatic N) is 1. The Balaban J connectivity index is 3.00. The lowest BCUT2D eigenvalue weighted by molar-refractivity contribution is 0.756. The Kier molecular flexibility index (Phi) is 3.69. The molecule has 0 saturated heterocycles. The molecule has 0 saturated carbocycles. The Morgan fingerprint density at radius 2 is 1.77 bits per heavy atom. The van der Waals surface area contributed by atoms with Crippen LogP contribution in [0.5, 0.6) is 0 Å². The van der Waals surface area contributed by atoms with Gasteiger partial charge in [0.25, 0.3) is 0 Å². The molecule has 3 nitrogen and oxygen atoms in total. The molecule has 0 fully saturated rings. The zero-order valence-electron chi connectivity index (χ0n) is 6.74. The maximum absolute atomic E-state index is 5.86. The van der Waals surface area contributed by atoms with Crippen molar-refractivity contribution in [3.63, 3.8) is 0 Å². The third-order valence-corrected chi connectivity index (χ3v) is 2.03. The average Bonchev–Trinajstić information content (AvgIpc) is 2.03. The third kappa shape index (κ3) is 2.97. The number of rotatable bonds is 2. The van der Waals surface area contributed by atoms with Gasteiger partial charge in [0.1, 0.15) is 6.29 Å². The van der Waals surface area contributed by atoms with Crippen LogP contribution in [0.15, 0.2) is 23.2 Å². The van der Waals surface area contributed by atoms with Gasteiger partial charge >= 0.3 is 0 Å². The standard InChI is InChI=1S/C8H9Cl2N3/c9-6-2-1-3-7(10)5(6)4-13-8(11)12/h1-4,8H,11-12H2. The molecule has 0 amide bonds. The molecular formula is C8H9Cl2N3. The van der Waals surface area contributed by atoms with Crippen LogP contribution in [-0.4, -0.2) is 12.5 Å². The molecule has 0 heterocycles. The van der Waals surface area contributed by atoms with Crippen LogP contribution < -0.4 is 11.5 Å². The predicted molar refractivity (Wildman–Crippen MR) is 56.2 cm³/mol. The molecular weight excluding hydrogens is 209 g/mol. The van der Waals surface area contributed by atoms with Gasteiger partial charge in [0.15, 0.2) is 0 Å². The van der Waals surface area contributed by atoms with E-state index in [0.29, 0.717) is 15.6 Å². The van der Waals surface area contributed by atoms with E-state index in [0.717, 1.165) is 0 Å². The summed E-state index contributed by atoms with van der Waals surface area (Å²) in [5.74, 6) is 0. The average molecular weight is 218 g/mol. The van der Waals surface area contributed by atoms with Crippen molar-refractivity contribution >= 4 is 29.4 Å². The highest BCUT2D eigenvalue weighted by molar-refractivity contribution is 6.38. The molecule has 0 spiro atoms. The van der Waals surface area contributed by atoms with Crippen LogP contribution in [0.1, 0.15) is 5.56 Å². The topological polar surface area (TPSA) is 64.4 Å². The molecule has 0 unspecified atom stereocenters. The first kappa shape index (κ1) is 10.5. The van der Waals surface area contributed by atoms with Gasteiger partial charge in [0.2, 0.25) is 0 Å². The van der Waals surface area contributed by atoms with E-state index in [1.807, 2.05) is 0 Å². The van der Waals surface area contributed by atoms with Gasteiger partial charge in [-0.1, -0.05) is 29.3 Å². The van der Waals surface area contributed by atoms with E-state index >= 15 is 0 Å². The molecule has 0 atom stereocenters. The number of halogens is 2. The summed E-state index contributed by atoms with van der Waals surface area (Å²) in [6.07, 6.45) is 0.724. The van der Waals surface area contributed by atoms with E-state index in [4.69, 9.17) is 34.7 Å². The fourth-order valence-corrected chi connectivity index (χ4v) is 1.29. The van der Waals surface area contributed by atoms with Crippen molar-refractivity contribution in [2.75, 3.05) is 0 Å². The van der Waals surface area contributed by atoms with E-state index < -0.39 is 6.29 Å². The minimum absolute atomic E-state index is 0.525. The molecule has 0 aliphatic carbocycles. The molecule has 0 bridgehead atoms. The van der Waals surface area contributed by atoms with Gasteiger partial charge in [-0.05, 0) is 12.1 Å². The van der Waals surface area contributed by atoms with Crippen molar-refractivity contribution in [3.8, 4) is 0 Å². The number of hydrogen-bond acceptors (Lipinski definition) is 3. The summed E-state index contributed by atoms with van der Waals surface area (Å²) in [6.45, 7) is 0. The Morgan fingerprint density at radius 3 is 2.23 bits per heavy atom. The molecule has 4 N–H and O–H groups in total.